The van der Waals surface area contributed by atoms with Gasteiger partial charge in [0.1, 0.15) is 0 Å². The van der Waals surface area contributed by atoms with Gasteiger partial charge in [0.15, 0.2) is 0 Å². The van der Waals surface area contributed by atoms with E-state index < -0.39 is 0 Å². The van der Waals surface area contributed by atoms with Gasteiger partial charge in [0, 0.05) is 56.0 Å². The molecule has 6 nitrogen and oxygen atoms in total. The third-order valence-electron chi connectivity index (χ3n) is 5.75. The van der Waals surface area contributed by atoms with Crippen molar-refractivity contribution >= 4 is 29.1 Å². The van der Waals surface area contributed by atoms with Crippen LogP contribution in [-0.4, -0.2) is 60.2 Å². The van der Waals surface area contributed by atoms with E-state index in [2.05, 4.69) is 5.32 Å². The lowest BCUT2D eigenvalue weighted by Crippen LogP contribution is -2.44. The lowest BCUT2D eigenvalue weighted by Gasteiger charge is -2.34. The highest BCUT2D eigenvalue weighted by Crippen LogP contribution is 2.22. The summed E-state index contributed by atoms with van der Waals surface area (Å²) in [5, 5.41) is 6.55. The minimum absolute atomic E-state index is 0.0760. The molecule has 2 aliphatic rings. The number of rotatable bonds is 6. The summed E-state index contributed by atoms with van der Waals surface area (Å²) in [6.07, 6.45) is 7.31. The number of nitrogens with one attached hydrogen (secondary N) is 1. The van der Waals surface area contributed by atoms with Crippen molar-refractivity contribution in [3.05, 3.63) is 22.4 Å². The largest absolute Gasteiger partial charge is 0.352 e. The lowest BCUT2D eigenvalue weighted by atomic mass is 9.95. The third kappa shape index (κ3) is 5.80. The normalized spacial score (nSPS) is 18.6. The maximum Gasteiger partial charge on any atom is 0.252 e. The van der Waals surface area contributed by atoms with E-state index >= 15 is 0 Å². The fraction of sp³-hybridized carbons (Fsp3) is 0.667. The number of amides is 3. The van der Waals surface area contributed by atoms with Crippen LogP contribution in [0.2, 0.25) is 0 Å². The smallest absolute Gasteiger partial charge is 0.252 e. The SMILES string of the molecule is O=C(NCCCC(=O)N1CCC(C(=O)N2CCCCCC2)CC1)c1ccsc1. The predicted octanol–water partition coefficient (Wildman–Crippen LogP) is 2.90. The summed E-state index contributed by atoms with van der Waals surface area (Å²) in [4.78, 5) is 40.9. The van der Waals surface area contributed by atoms with Gasteiger partial charge in [0.2, 0.25) is 11.8 Å². The minimum atomic E-state index is -0.0819. The Morgan fingerprint density at radius 1 is 1.00 bits per heavy atom. The molecule has 3 heterocycles. The Morgan fingerprint density at radius 2 is 1.71 bits per heavy atom. The maximum atomic E-state index is 12.7. The van der Waals surface area contributed by atoms with Crippen LogP contribution in [-0.2, 0) is 9.59 Å². The van der Waals surface area contributed by atoms with Crippen molar-refractivity contribution in [2.75, 3.05) is 32.7 Å². The van der Waals surface area contributed by atoms with Gasteiger partial charge in [-0.25, -0.2) is 0 Å². The standard InChI is InChI=1S/C21H31N3O3S/c25-19(6-5-10-22-20(26)18-9-15-28-16-18)23-13-7-17(8-14-23)21(27)24-11-3-1-2-4-12-24/h9,15-17H,1-8,10-14H2,(H,22,26). The van der Waals surface area contributed by atoms with Gasteiger partial charge in [0.05, 0.1) is 0 Å². The Kier molecular flexibility index (Phi) is 7.89. The zero-order valence-corrected chi connectivity index (χ0v) is 17.3. The summed E-state index contributed by atoms with van der Waals surface area (Å²) >= 11 is 1.49. The molecule has 0 aromatic carbocycles. The van der Waals surface area contributed by atoms with Gasteiger partial charge in [-0.05, 0) is 43.6 Å². The third-order valence-corrected chi connectivity index (χ3v) is 6.43. The fourth-order valence-electron chi connectivity index (χ4n) is 4.02. The van der Waals surface area contributed by atoms with E-state index in [-0.39, 0.29) is 17.7 Å². The molecule has 2 aliphatic heterocycles. The van der Waals surface area contributed by atoms with Gasteiger partial charge in [-0.15, -0.1) is 0 Å². The van der Waals surface area contributed by atoms with Crippen molar-refractivity contribution in [2.45, 2.75) is 51.4 Å². The first-order valence-electron chi connectivity index (χ1n) is 10.5. The molecule has 0 aliphatic carbocycles. The molecule has 0 saturated carbocycles. The number of nitrogens with zero attached hydrogens (tertiary/aromatic N) is 2. The second kappa shape index (κ2) is 10.6. The highest BCUT2D eigenvalue weighted by atomic mass is 32.1. The number of carbonyl (C=O) groups is 3. The summed E-state index contributed by atoms with van der Waals surface area (Å²) in [5.74, 6) is 0.421. The summed E-state index contributed by atoms with van der Waals surface area (Å²) in [7, 11) is 0. The zero-order valence-electron chi connectivity index (χ0n) is 16.5. The van der Waals surface area contributed by atoms with Crippen molar-refractivity contribution in [2.24, 2.45) is 5.92 Å². The quantitative estimate of drug-likeness (QED) is 0.740. The molecule has 3 rings (SSSR count). The molecular formula is C21H31N3O3S. The molecule has 0 radical (unpaired) electrons. The highest BCUT2D eigenvalue weighted by Gasteiger charge is 2.30. The molecule has 1 N–H and O–H groups in total. The molecule has 3 amide bonds. The van der Waals surface area contributed by atoms with E-state index in [4.69, 9.17) is 0 Å². The van der Waals surface area contributed by atoms with E-state index in [0.717, 1.165) is 38.8 Å². The summed E-state index contributed by atoms with van der Waals surface area (Å²) in [6, 6.07) is 1.79. The van der Waals surface area contributed by atoms with Crippen LogP contribution in [0.15, 0.2) is 16.8 Å². The number of carbonyl (C=O) groups excluding carboxylic acids is 3. The summed E-state index contributed by atoms with van der Waals surface area (Å²) < 4.78 is 0. The molecular weight excluding hydrogens is 374 g/mol. The van der Waals surface area contributed by atoms with Gasteiger partial charge < -0.3 is 15.1 Å². The molecule has 0 atom stereocenters. The first kappa shape index (κ1) is 20.8. The van der Waals surface area contributed by atoms with Crippen molar-refractivity contribution < 1.29 is 14.4 Å². The maximum absolute atomic E-state index is 12.7. The second-order valence-corrected chi connectivity index (χ2v) is 8.55. The van der Waals surface area contributed by atoms with Crippen molar-refractivity contribution in [3.8, 4) is 0 Å². The molecule has 7 heteroatoms. The second-order valence-electron chi connectivity index (χ2n) is 7.77. The van der Waals surface area contributed by atoms with Crippen LogP contribution in [0.1, 0.15) is 61.7 Å². The molecule has 2 saturated heterocycles. The first-order chi connectivity index (χ1) is 13.6. The number of piperidine rings is 1. The van der Waals surface area contributed by atoms with Crippen LogP contribution in [0.5, 0.6) is 0 Å². The van der Waals surface area contributed by atoms with Crippen LogP contribution >= 0.6 is 11.3 Å². The minimum Gasteiger partial charge on any atom is -0.352 e. The van der Waals surface area contributed by atoms with Crippen LogP contribution in [0, 0.1) is 5.92 Å². The Morgan fingerprint density at radius 3 is 2.36 bits per heavy atom. The van der Waals surface area contributed by atoms with E-state index in [1.165, 1.54) is 24.2 Å². The van der Waals surface area contributed by atoms with Gasteiger partial charge >= 0.3 is 0 Å². The molecule has 1 aromatic rings. The lowest BCUT2D eigenvalue weighted by molar-refractivity contribution is -0.140. The Labute approximate surface area is 171 Å². The monoisotopic (exact) mass is 405 g/mol. The van der Waals surface area contributed by atoms with Crippen LogP contribution < -0.4 is 5.32 Å². The first-order valence-corrected chi connectivity index (χ1v) is 11.5. The zero-order chi connectivity index (χ0) is 19.8. The fourth-order valence-corrected chi connectivity index (χ4v) is 4.66. The van der Waals surface area contributed by atoms with Crippen molar-refractivity contribution in [1.29, 1.82) is 0 Å². The number of hydrogen-bond acceptors (Lipinski definition) is 4. The Balaban J connectivity index is 1.33. The molecule has 1 aromatic heterocycles. The number of thiophene rings is 1. The van der Waals surface area contributed by atoms with Gasteiger partial charge in [0.25, 0.3) is 5.91 Å². The Hall–Kier alpha value is -1.89. The van der Waals surface area contributed by atoms with E-state index in [9.17, 15) is 14.4 Å². The van der Waals surface area contributed by atoms with Gasteiger partial charge in [-0.2, -0.15) is 11.3 Å². The molecule has 2 fully saturated rings. The molecule has 0 unspecified atom stereocenters. The van der Waals surface area contributed by atoms with Gasteiger partial charge in [-0.3, -0.25) is 14.4 Å². The van der Waals surface area contributed by atoms with Crippen molar-refractivity contribution in [3.63, 3.8) is 0 Å². The molecule has 0 bridgehead atoms. The highest BCUT2D eigenvalue weighted by molar-refractivity contribution is 7.08. The number of hydrogen-bond donors (Lipinski definition) is 1. The van der Waals surface area contributed by atoms with Crippen molar-refractivity contribution in [1.82, 2.24) is 15.1 Å². The average molecular weight is 406 g/mol. The molecule has 154 valence electrons. The van der Waals surface area contributed by atoms with Gasteiger partial charge in [-0.1, -0.05) is 12.8 Å². The number of likely N-dealkylation sites (tertiary alicyclic amines) is 2. The van der Waals surface area contributed by atoms with E-state index in [1.807, 2.05) is 20.6 Å². The van der Waals surface area contributed by atoms with Crippen LogP contribution in [0.3, 0.4) is 0 Å². The average Bonchev–Trinajstić information content (AvgIpc) is 3.13. The van der Waals surface area contributed by atoms with Crippen LogP contribution in [0.4, 0.5) is 0 Å². The Bertz CT molecular complexity index is 646. The summed E-state index contributed by atoms with van der Waals surface area (Å²) in [6.45, 7) is 3.64. The molecule has 0 spiro atoms. The molecule has 28 heavy (non-hydrogen) atoms. The topological polar surface area (TPSA) is 69.7 Å². The van der Waals surface area contributed by atoms with Crippen LogP contribution in [0.25, 0.3) is 0 Å². The van der Waals surface area contributed by atoms with E-state index in [0.29, 0.717) is 43.9 Å². The van der Waals surface area contributed by atoms with E-state index in [1.54, 1.807) is 6.07 Å². The summed E-state index contributed by atoms with van der Waals surface area (Å²) in [5.41, 5.74) is 0.674. The predicted molar refractivity (Wildman–Crippen MR) is 110 cm³/mol.